The van der Waals surface area contributed by atoms with Gasteiger partial charge in [0.05, 0.1) is 15.6 Å². The molecule has 4 rings (SSSR count). The number of anilines is 1. The third-order valence-corrected chi connectivity index (χ3v) is 6.61. The number of fused-ring (bicyclic) bond motifs is 1. The average molecular weight is 385 g/mol. The van der Waals surface area contributed by atoms with Gasteiger partial charge < -0.3 is 5.73 Å². The molecule has 122 valence electrons. The van der Waals surface area contributed by atoms with Crippen molar-refractivity contribution >= 4 is 51.5 Å². The maximum Gasteiger partial charge on any atom is 0.180 e. The van der Waals surface area contributed by atoms with E-state index in [1.165, 1.54) is 20.2 Å². The third-order valence-electron chi connectivity index (χ3n) is 3.77. The lowest BCUT2D eigenvalue weighted by Gasteiger charge is -2.25. The molecule has 0 saturated carbocycles. The first kappa shape index (κ1) is 16.9. The first-order valence-electron chi connectivity index (χ1n) is 7.14. The fourth-order valence-corrected chi connectivity index (χ4v) is 5.28. The lowest BCUT2D eigenvalue weighted by molar-refractivity contribution is 0.249. The molecule has 1 aliphatic rings. The number of rotatable bonds is 3. The summed E-state index contributed by atoms with van der Waals surface area (Å²) in [4.78, 5) is 15.3. The average Bonchev–Trinajstić information content (AvgIpc) is 3.18. The van der Waals surface area contributed by atoms with E-state index in [-0.39, 0.29) is 12.4 Å². The van der Waals surface area contributed by atoms with Crippen LogP contribution in [0.2, 0.25) is 0 Å². The minimum Gasteiger partial charge on any atom is -0.375 e. The highest BCUT2D eigenvalue weighted by molar-refractivity contribution is 7.16. The van der Waals surface area contributed by atoms with Crippen molar-refractivity contribution in [2.75, 3.05) is 12.3 Å². The molecule has 3 aromatic rings. The second kappa shape index (κ2) is 6.86. The number of hydrogen-bond acceptors (Lipinski definition) is 7. The summed E-state index contributed by atoms with van der Waals surface area (Å²) in [7, 11) is 0. The Kier molecular flexibility index (Phi) is 5.03. The topological polar surface area (TPSA) is 55.0 Å². The second-order valence-electron chi connectivity index (χ2n) is 5.44. The highest BCUT2D eigenvalue weighted by Gasteiger charge is 2.21. The summed E-state index contributed by atoms with van der Waals surface area (Å²) in [6.07, 6.45) is 3.02. The largest absolute Gasteiger partial charge is 0.375 e. The van der Waals surface area contributed by atoms with Gasteiger partial charge >= 0.3 is 0 Å². The Morgan fingerprint density at radius 1 is 1.35 bits per heavy atom. The highest BCUT2D eigenvalue weighted by Crippen LogP contribution is 2.35. The molecule has 1 aliphatic heterocycles. The minimum atomic E-state index is 0. The van der Waals surface area contributed by atoms with Crippen molar-refractivity contribution in [1.29, 1.82) is 0 Å². The summed E-state index contributed by atoms with van der Waals surface area (Å²) < 4.78 is 0. The van der Waals surface area contributed by atoms with Crippen molar-refractivity contribution in [3.8, 4) is 10.6 Å². The molecule has 0 unspecified atom stereocenters. The third kappa shape index (κ3) is 3.59. The van der Waals surface area contributed by atoms with E-state index >= 15 is 0 Å². The zero-order valence-corrected chi connectivity index (χ0v) is 15.9. The van der Waals surface area contributed by atoms with Crippen LogP contribution in [0.1, 0.15) is 20.3 Å². The molecule has 2 N–H and O–H groups in total. The van der Waals surface area contributed by atoms with Gasteiger partial charge in [0.25, 0.3) is 0 Å². The van der Waals surface area contributed by atoms with Crippen molar-refractivity contribution in [2.24, 2.45) is 0 Å². The van der Waals surface area contributed by atoms with Gasteiger partial charge in [-0.05, 0) is 25.0 Å². The fraction of sp³-hybridized carbons (Fsp3) is 0.333. The number of aromatic nitrogens is 2. The number of nitrogen functional groups attached to an aromatic ring is 1. The summed E-state index contributed by atoms with van der Waals surface area (Å²) in [6.45, 7) is 5.10. The van der Waals surface area contributed by atoms with E-state index in [1.807, 2.05) is 17.5 Å². The molecule has 8 heteroatoms. The predicted octanol–water partition coefficient (Wildman–Crippen LogP) is 4.20. The minimum absolute atomic E-state index is 0. The maximum atomic E-state index is 5.71. The molecule has 0 bridgehead atoms. The molecule has 0 radical (unpaired) electrons. The SMILES string of the molecule is Cc1nc(-c2cc3c(s2)CCN(Cc2cnc(N)s2)C3)cs1.Cl. The lowest BCUT2D eigenvalue weighted by atomic mass is 10.1. The Bertz CT molecular complexity index is 807. The number of nitrogens with two attached hydrogens (primary N) is 1. The van der Waals surface area contributed by atoms with Gasteiger partial charge in [0.2, 0.25) is 0 Å². The van der Waals surface area contributed by atoms with E-state index in [2.05, 4.69) is 33.2 Å². The Morgan fingerprint density at radius 2 is 2.22 bits per heavy atom. The molecule has 4 nitrogen and oxygen atoms in total. The zero-order chi connectivity index (χ0) is 15.1. The molecule has 0 amide bonds. The van der Waals surface area contributed by atoms with E-state index in [4.69, 9.17) is 5.73 Å². The monoisotopic (exact) mass is 384 g/mol. The van der Waals surface area contributed by atoms with E-state index in [0.717, 1.165) is 36.8 Å². The van der Waals surface area contributed by atoms with Crippen molar-refractivity contribution in [2.45, 2.75) is 26.4 Å². The van der Waals surface area contributed by atoms with Crippen LogP contribution in [0.25, 0.3) is 10.6 Å². The normalized spacial score (nSPS) is 14.5. The van der Waals surface area contributed by atoms with Gasteiger partial charge in [-0.15, -0.1) is 46.4 Å². The molecule has 0 fully saturated rings. The number of aryl methyl sites for hydroxylation is 1. The van der Waals surface area contributed by atoms with E-state index in [9.17, 15) is 0 Å². The summed E-state index contributed by atoms with van der Waals surface area (Å²) in [5.41, 5.74) is 8.30. The van der Waals surface area contributed by atoms with E-state index in [0.29, 0.717) is 5.13 Å². The first-order chi connectivity index (χ1) is 10.7. The predicted molar refractivity (Wildman–Crippen MR) is 102 cm³/mol. The van der Waals surface area contributed by atoms with Gasteiger partial charge in [-0.1, -0.05) is 0 Å². The molecule has 0 saturated heterocycles. The van der Waals surface area contributed by atoms with E-state index < -0.39 is 0 Å². The molecular weight excluding hydrogens is 368 g/mol. The molecule has 0 spiro atoms. The lowest BCUT2D eigenvalue weighted by Crippen LogP contribution is -2.28. The Labute approximate surface area is 153 Å². The van der Waals surface area contributed by atoms with E-state index in [1.54, 1.807) is 22.7 Å². The van der Waals surface area contributed by atoms with Crippen LogP contribution in [-0.4, -0.2) is 21.4 Å². The molecule has 23 heavy (non-hydrogen) atoms. The van der Waals surface area contributed by atoms with Crippen LogP contribution in [0.15, 0.2) is 17.6 Å². The highest BCUT2D eigenvalue weighted by atomic mass is 35.5. The van der Waals surface area contributed by atoms with Gasteiger partial charge in [-0.2, -0.15) is 0 Å². The molecular formula is C15H17ClN4S3. The van der Waals surface area contributed by atoms with Crippen LogP contribution in [0.3, 0.4) is 0 Å². The smallest absolute Gasteiger partial charge is 0.180 e. The maximum absolute atomic E-state index is 5.71. The van der Waals surface area contributed by atoms with Crippen LogP contribution in [-0.2, 0) is 19.5 Å². The van der Waals surface area contributed by atoms with Crippen LogP contribution in [0.4, 0.5) is 5.13 Å². The van der Waals surface area contributed by atoms with Crippen LogP contribution < -0.4 is 5.73 Å². The Hall–Kier alpha value is -0.990. The van der Waals surface area contributed by atoms with Gasteiger partial charge in [0.1, 0.15) is 0 Å². The van der Waals surface area contributed by atoms with Crippen molar-refractivity contribution in [1.82, 2.24) is 14.9 Å². The Balaban J connectivity index is 0.00000156. The summed E-state index contributed by atoms with van der Waals surface area (Å²) in [5, 5.41) is 3.94. The number of thiazole rings is 2. The van der Waals surface area contributed by atoms with Crippen LogP contribution in [0, 0.1) is 6.92 Å². The molecule has 3 aromatic heterocycles. The Morgan fingerprint density at radius 3 is 2.91 bits per heavy atom. The van der Waals surface area contributed by atoms with Crippen molar-refractivity contribution < 1.29 is 0 Å². The van der Waals surface area contributed by atoms with Gasteiger partial charge in [-0.3, -0.25) is 4.90 Å². The van der Waals surface area contributed by atoms with Gasteiger partial charge in [0, 0.05) is 41.0 Å². The number of thiophene rings is 1. The molecule has 0 aliphatic carbocycles. The van der Waals surface area contributed by atoms with Crippen LogP contribution >= 0.6 is 46.4 Å². The standard InChI is InChI=1S/C15H16N4S3.ClH/c1-9-18-12(8-20-9)14-4-10-6-19(3-2-13(10)22-14)7-11-5-17-15(16)21-11;/h4-5,8H,2-3,6-7H2,1H3,(H2,16,17);1H. The second-order valence-corrected chi connectivity index (χ2v) is 8.78. The van der Waals surface area contributed by atoms with Gasteiger partial charge in [0.15, 0.2) is 5.13 Å². The van der Waals surface area contributed by atoms with Crippen molar-refractivity contribution in [3.05, 3.63) is 38.0 Å². The van der Waals surface area contributed by atoms with Gasteiger partial charge in [-0.25, -0.2) is 9.97 Å². The molecule has 0 aromatic carbocycles. The van der Waals surface area contributed by atoms with Crippen molar-refractivity contribution in [3.63, 3.8) is 0 Å². The van der Waals surface area contributed by atoms with Crippen LogP contribution in [0.5, 0.6) is 0 Å². The summed E-state index contributed by atoms with van der Waals surface area (Å²) in [6, 6.07) is 2.32. The zero-order valence-electron chi connectivity index (χ0n) is 12.6. The summed E-state index contributed by atoms with van der Waals surface area (Å²) >= 11 is 5.21. The quantitative estimate of drug-likeness (QED) is 0.735. The first-order valence-corrected chi connectivity index (χ1v) is 9.65. The number of nitrogens with zero attached hydrogens (tertiary/aromatic N) is 3. The fourth-order valence-electron chi connectivity index (χ4n) is 2.75. The molecule has 4 heterocycles. The summed E-state index contributed by atoms with van der Waals surface area (Å²) in [5.74, 6) is 0. The molecule has 0 atom stereocenters. The number of hydrogen-bond donors (Lipinski definition) is 1. The number of halogens is 1.